The van der Waals surface area contributed by atoms with Crippen LogP contribution in [0.3, 0.4) is 0 Å². The normalized spacial score (nSPS) is 48.8. The number of hydrogen-bond acceptors (Lipinski definition) is 1. The van der Waals surface area contributed by atoms with Gasteiger partial charge in [0, 0.05) is 6.61 Å². The van der Waals surface area contributed by atoms with Gasteiger partial charge in [-0.3, -0.25) is 0 Å². The largest absolute Gasteiger partial charge is 0.378 e. The highest BCUT2D eigenvalue weighted by atomic mass is 16.5. The van der Waals surface area contributed by atoms with Crippen molar-refractivity contribution in [1.29, 1.82) is 0 Å². The molecule has 0 radical (unpaired) electrons. The van der Waals surface area contributed by atoms with Crippen LogP contribution < -0.4 is 0 Å². The molecule has 0 aliphatic heterocycles. The molecular weight excluding hydrogens is 196 g/mol. The first-order chi connectivity index (χ1) is 7.59. The minimum absolute atomic E-state index is 0.525. The van der Waals surface area contributed by atoms with Crippen LogP contribution in [0.25, 0.3) is 0 Å². The Hall–Kier alpha value is -0.0400. The van der Waals surface area contributed by atoms with Crippen LogP contribution in [0, 0.1) is 23.2 Å². The van der Waals surface area contributed by atoms with Crippen LogP contribution in [0.5, 0.6) is 0 Å². The second-order valence-corrected chi connectivity index (χ2v) is 6.34. The van der Waals surface area contributed by atoms with Gasteiger partial charge in [0.15, 0.2) is 0 Å². The highest BCUT2D eigenvalue weighted by Gasteiger charge is 2.49. The molecule has 2 rings (SSSR count). The van der Waals surface area contributed by atoms with E-state index < -0.39 is 0 Å². The Bertz CT molecular complexity index is 238. The maximum Gasteiger partial charge on any atom is 0.0605 e. The highest BCUT2D eigenvalue weighted by molar-refractivity contribution is 4.98. The molecule has 2 aliphatic rings. The van der Waals surface area contributed by atoms with Crippen LogP contribution in [0.15, 0.2) is 0 Å². The number of ether oxygens (including phenoxy) is 1. The third-order valence-electron chi connectivity index (χ3n) is 5.65. The molecule has 94 valence electrons. The Morgan fingerprint density at radius 2 is 1.94 bits per heavy atom. The predicted molar refractivity (Wildman–Crippen MR) is 68.4 cm³/mol. The van der Waals surface area contributed by atoms with Gasteiger partial charge in [0.05, 0.1) is 6.10 Å². The van der Waals surface area contributed by atoms with Crippen molar-refractivity contribution in [2.24, 2.45) is 23.2 Å². The fourth-order valence-corrected chi connectivity index (χ4v) is 4.48. The van der Waals surface area contributed by atoms with Crippen LogP contribution in [0.2, 0.25) is 0 Å². The van der Waals surface area contributed by atoms with Gasteiger partial charge in [-0.25, -0.2) is 0 Å². The minimum atomic E-state index is 0.525. The lowest BCUT2D eigenvalue weighted by Crippen LogP contribution is -2.49. The predicted octanol–water partition coefficient (Wildman–Crippen LogP) is 4.26. The second kappa shape index (κ2) is 4.68. The third kappa shape index (κ3) is 1.92. The van der Waals surface area contributed by atoms with Crippen molar-refractivity contribution in [3.63, 3.8) is 0 Å². The van der Waals surface area contributed by atoms with Gasteiger partial charge in [-0.05, 0) is 49.4 Å². The van der Waals surface area contributed by atoms with E-state index in [9.17, 15) is 0 Å². The smallest absolute Gasteiger partial charge is 0.0605 e. The average molecular weight is 224 g/mol. The SMILES string of the molecule is CCO[C@@H]1CCC2[C@H](C)CCCC2(C)[C@H]1C. The summed E-state index contributed by atoms with van der Waals surface area (Å²) in [4.78, 5) is 0. The Kier molecular flexibility index (Phi) is 3.63. The van der Waals surface area contributed by atoms with Crippen LogP contribution in [-0.4, -0.2) is 12.7 Å². The molecule has 0 saturated heterocycles. The molecular formula is C15H28O. The molecule has 0 aromatic carbocycles. The summed E-state index contributed by atoms with van der Waals surface area (Å²) < 4.78 is 5.94. The maximum absolute atomic E-state index is 5.94. The van der Waals surface area contributed by atoms with E-state index in [1.165, 1.54) is 32.1 Å². The molecule has 16 heavy (non-hydrogen) atoms. The van der Waals surface area contributed by atoms with Crippen molar-refractivity contribution in [3.8, 4) is 0 Å². The first-order valence-electron chi connectivity index (χ1n) is 7.21. The Balaban J connectivity index is 2.14. The Morgan fingerprint density at radius 1 is 1.19 bits per heavy atom. The van der Waals surface area contributed by atoms with Crippen molar-refractivity contribution in [1.82, 2.24) is 0 Å². The summed E-state index contributed by atoms with van der Waals surface area (Å²) in [5, 5.41) is 0. The molecule has 2 aliphatic carbocycles. The van der Waals surface area contributed by atoms with E-state index in [-0.39, 0.29) is 0 Å². The zero-order chi connectivity index (χ0) is 11.8. The molecule has 0 amide bonds. The molecule has 0 aromatic heterocycles. The van der Waals surface area contributed by atoms with Gasteiger partial charge in [-0.15, -0.1) is 0 Å². The van der Waals surface area contributed by atoms with Crippen molar-refractivity contribution in [2.75, 3.05) is 6.61 Å². The van der Waals surface area contributed by atoms with Gasteiger partial charge >= 0.3 is 0 Å². The van der Waals surface area contributed by atoms with Crippen LogP contribution in [0.1, 0.15) is 59.8 Å². The molecule has 0 spiro atoms. The first kappa shape index (κ1) is 12.4. The topological polar surface area (TPSA) is 9.23 Å². The quantitative estimate of drug-likeness (QED) is 0.681. The van der Waals surface area contributed by atoms with Gasteiger partial charge in [-0.1, -0.05) is 33.6 Å². The fourth-order valence-electron chi connectivity index (χ4n) is 4.48. The van der Waals surface area contributed by atoms with E-state index in [2.05, 4.69) is 27.7 Å². The lowest BCUT2D eigenvalue weighted by atomic mass is 9.52. The Morgan fingerprint density at radius 3 is 2.62 bits per heavy atom. The van der Waals surface area contributed by atoms with E-state index in [1.807, 2.05) is 0 Å². The summed E-state index contributed by atoms with van der Waals surface area (Å²) in [6.45, 7) is 10.4. The zero-order valence-corrected chi connectivity index (χ0v) is 11.5. The zero-order valence-electron chi connectivity index (χ0n) is 11.5. The van der Waals surface area contributed by atoms with E-state index >= 15 is 0 Å². The van der Waals surface area contributed by atoms with E-state index in [0.717, 1.165) is 24.4 Å². The molecule has 1 heteroatoms. The summed E-state index contributed by atoms with van der Waals surface area (Å²) >= 11 is 0. The van der Waals surface area contributed by atoms with Gasteiger partial charge in [-0.2, -0.15) is 0 Å². The molecule has 0 N–H and O–H groups in total. The number of fused-ring (bicyclic) bond motifs is 1. The summed E-state index contributed by atoms with van der Waals surface area (Å²) in [5.74, 6) is 2.63. The number of rotatable bonds is 2. The number of hydrogen-bond donors (Lipinski definition) is 0. The molecule has 2 unspecified atom stereocenters. The van der Waals surface area contributed by atoms with Gasteiger partial charge in [0.25, 0.3) is 0 Å². The van der Waals surface area contributed by atoms with E-state index in [0.29, 0.717) is 11.5 Å². The summed E-state index contributed by atoms with van der Waals surface area (Å²) in [6, 6.07) is 0. The monoisotopic (exact) mass is 224 g/mol. The second-order valence-electron chi connectivity index (χ2n) is 6.34. The summed E-state index contributed by atoms with van der Waals surface area (Å²) in [7, 11) is 0. The van der Waals surface area contributed by atoms with Crippen molar-refractivity contribution < 1.29 is 4.74 Å². The standard InChI is InChI=1S/C15H28O/c1-5-16-14-9-8-13-11(2)7-6-10-15(13,4)12(14)3/h11-14H,5-10H2,1-4H3/t11-,12+,13?,14-,15?/m1/s1. The fraction of sp³-hybridized carbons (Fsp3) is 1.00. The molecule has 0 heterocycles. The van der Waals surface area contributed by atoms with Crippen LogP contribution >= 0.6 is 0 Å². The van der Waals surface area contributed by atoms with Crippen molar-refractivity contribution in [2.45, 2.75) is 65.9 Å². The molecule has 2 fully saturated rings. The Labute approximate surface area is 101 Å². The summed E-state index contributed by atoms with van der Waals surface area (Å²) in [6.07, 6.45) is 7.51. The maximum atomic E-state index is 5.94. The average Bonchev–Trinajstić information content (AvgIpc) is 2.24. The molecule has 5 atom stereocenters. The lowest BCUT2D eigenvalue weighted by molar-refractivity contribution is -0.112. The van der Waals surface area contributed by atoms with Crippen LogP contribution in [-0.2, 0) is 4.74 Å². The molecule has 1 nitrogen and oxygen atoms in total. The lowest BCUT2D eigenvalue weighted by Gasteiger charge is -2.54. The highest BCUT2D eigenvalue weighted by Crippen LogP contribution is 2.55. The van der Waals surface area contributed by atoms with E-state index in [1.54, 1.807) is 0 Å². The van der Waals surface area contributed by atoms with Gasteiger partial charge in [0.1, 0.15) is 0 Å². The molecule has 2 saturated carbocycles. The first-order valence-corrected chi connectivity index (χ1v) is 7.21. The van der Waals surface area contributed by atoms with Crippen LogP contribution in [0.4, 0.5) is 0 Å². The molecule has 0 aromatic rings. The van der Waals surface area contributed by atoms with Gasteiger partial charge < -0.3 is 4.74 Å². The van der Waals surface area contributed by atoms with E-state index in [4.69, 9.17) is 4.74 Å². The third-order valence-corrected chi connectivity index (χ3v) is 5.65. The summed E-state index contributed by atoms with van der Waals surface area (Å²) in [5.41, 5.74) is 0.551. The minimum Gasteiger partial charge on any atom is -0.378 e. The van der Waals surface area contributed by atoms with Crippen molar-refractivity contribution >= 4 is 0 Å². The molecule has 0 bridgehead atoms. The van der Waals surface area contributed by atoms with Gasteiger partial charge in [0.2, 0.25) is 0 Å². The van der Waals surface area contributed by atoms with Crippen molar-refractivity contribution in [3.05, 3.63) is 0 Å².